The van der Waals surface area contributed by atoms with Crippen molar-refractivity contribution in [1.82, 2.24) is 9.80 Å². The Balaban J connectivity index is 1.41. The summed E-state index contributed by atoms with van der Waals surface area (Å²) in [7, 11) is 1.72. The van der Waals surface area contributed by atoms with Crippen molar-refractivity contribution in [2.24, 2.45) is 0 Å². The van der Waals surface area contributed by atoms with Gasteiger partial charge in [0.05, 0.1) is 18.7 Å². The highest BCUT2D eigenvalue weighted by molar-refractivity contribution is 5.37. The van der Waals surface area contributed by atoms with Crippen LogP contribution in [0, 0.1) is 18.3 Å². The molecule has 2 aromatic carbocycles. The molecule has 0 unspecified atom stereocenters. The maximum absolute atomic E-state index is 10.3. The van der Waals surface area contributed by atoms with Crippen molar-refractivity contribution >= 4 is 0 Å². The molecule has 6 nitrogen and oxygen atoms in total. The van der Waals surface area contributed by atoms with Gasteiger partial charge in [0.25, 0.3) is 0 Å². The van der Waals surface area contributed by atoms with Crippen LogP contribution in [0.1, 0.15) is 16.7 Å². The Morgan fingerprint density at radius 2 is 1.76 bits per heavy atom. The lowest BCUT2D eigenvalue weighted by Gasteiger charge is -2.35. The molecule has 0 amide bonds. The zero-order valence-electron chi connectivity index (χ0n) is 17.2. The minimum atomic E-state index is -0.547. The predicted molar refractivity (Wildman–Crippen MR) is 112 cm³/mol. The standard InChI is InChI=1S/C23H29N3O3/c1-18-3-8-23(28-2)20(13-18)15-25-9-11-26(12-10-25)16-21(27)17-29-22-6-4-19(14-24)5-7-22/h3-8,13,21,27H,9-12,15-17H2,1-2H3/t21-/m0/s1. The van der Waals surface area contributed by atoms with Gasteiger partial charge in [-0.05, 0) is 37.3 Å². The molecule has 2 aromatic rings. The van der Waals surface area contributed by atoms with Gasteiger partial charge in [-0.3, -0.25) is 9.80 Å². The maximum Gasteiger partial charge on any atom is 0.123 e. The number of hydrogen-bond donors (Lipinski definition) is 1. The van der Waals surface area contributed by atoms with Gasteiger partial charge in [0, 0.05) is 44.8 Å². The monoisotopic (exact) mass is 395 g/mol. The average Bonchev–Trinajstić information content (AvgIpc) is 2.74. The molecule has 0 bridgehead atoms. The van der Waals surface area contributed by atoms with Crippen molar-refractivity contribution in [1.29, 1.82) is 5.26 Å². The summed E-state index contributed by atoms with van der Waals surface area (Å²) in [6, 6.07) is 15.3. The molecule has 1 atom stereocenters. The number of hydrogen-bond acceptors (Lipinski definition) is 6. The fourth-order valence-electron chi connectivity index (χ4n) is 3.57. The van der Waals surface area contributed by atoms with Crippen molar-refractivity contribution < 1.29 is 14.6 Å². The van der Waals surface area contributed by atoms with E-state index in [1.807, 2.05) is 6.07 Å². The van der Waals surface area contributed by atoms with Crippen LogP contribution in [0.15, 0.2) is 42.5 Å². The molecule has 0 aromatic heterocycles. The van der Waals surface area contributed by atoms with Crippen molar-refractivity contribution in [3.63, 3.8) is 0 Å². The van der Waals surface area contributed by atoms with Gasteiger partial charge in [-0.15, -0.1) is 0 Å². The number of aryl methyl sites for hydroxylation is 1. The summed E-state index contributed by atoms with van der Waals surface area (Å²) < 4.78 is 11.1. The van der Waals surface area contributed by atoms with Gasteiger partial charge >= 0.3 is 0 Å². The van der Waals surface area contributed by atoms with Gasteiger partial charge in [0.1, 0.15) is 24.2 Å². The number of piperazine rings is 1. The number of nitrogens with zero attached hydrogens (tertiary/aromatic N) is 3. The van der Waals surface area contributed by atoms with Crippen LogP contribution in [0.25, 0.3) is 0 Å². The fraction of sp³-hybridized carbons (Fsp3) is 0.435. The van der Waals surface area contributed by atoms with E-state index < -0.39 is 6.10 Å². The Labute approximate surface area is 172 Å². The molecule has 1 aliphatic rings. The van der Waals surface area contributed by atoms with Gasteiger partial charge in [0.2, 0.25) is 0 Å². The maximum atomic E-state index is 10.3. The van der Waals surface area contributed by atoms with Crippen LogP contribution in [0.3, 0.4) is 0 Å². The van der Waals surface area contributed by atoms with Crippen molar-refractivity contribution in [2.75, 3.05) is 46.4 Å². The zero-order chi connectivity index (χ0) is 20.6. The number of rotatable bonds is 8. The topological polar surface area (TPSA) is 69.0 Å². The first kappa shape index (κ1) is 21.1. The molecule has 6 heteroatoms. The summed E-state index contributed by atoms with van der Waals surface area (Å²) in [5.41, 5.74) is 3.06. The van der Waals surface area contributed by atoms with Crippen molar-refractivity contribution in [2.45, 2.75) is 19.6 Å². The van der Waals surface area contributed by atoms with Crippen molar-refractivity contribution in [3.05, 3.63) is 59.2 Å². The number of nitriles is 1. The van der Waals surface area contributed by atoms with E-state index in [1.54, 1.807) is 31.4 Å². The number of benzene rings is 2. The Kier molecular flexibility index (Phi) is 7.48. The summed E-state index contributed by atoms with van der Waals surface area (Å²) in [6.45, 7) is 7.57. The van der Waals surface area contributed by atoms with Crippen LogP contribution in [-0.2, 0) is 6.54 Å². The summed E-state index contributed by atoms with van der Waals surface area (Å²) in [4.78, 5) is 4.70. The van der Waals surface area contributed by atoms with E-state index in [1.165, 1.54) is 11.1 Å². The van der Waals surface area contributed by atoms with E-state index >= 15 is 0 Å². The van der Waals surface area contributed by atoms with Gasteiger partial charge in [-0.2, -0.15) is 5.26 Å². The highest BCUT2D eigenvalue weighted by Crippen LogP contribution is 2.22. The summed E-state index contributed by atoms with van der Waals surface area (Å²) in [5, 5.41) is 19.1. The molecular weight excluding hydrogens is 366 g/mol. The second-order valence-electron chi connectivity index (χ2n) is 7.49. The SMILES string of the molecule is COc1ccc(C)cc1CN1CCN(C[C@H](O)COc2ccc(C#N)cc2)CC1. The predicted octanol–water partition coefficient (Wildman–Crippen LogP) is 2.43. The van der Waals surface area contributed by atoms with Crippen LogP contribution in [0.5, 0.6) is 11.5 Å². The van der Waals surface area contributed by atoms with E-state index in [9.17, 15) is 5.11 Å². The molecule has 1 heterocycles. The number of aliphatic hydroxyl groups is 1. The molecule has 3 rings (SSSR count). The van der Waals surface area contributed by atoms with Crippen LogP contribution < -0.4 is 9.47 Å². The Bertz CT molecular complexity index is 824. The zero-order valence-corrected chi connectivity index (χ0v) is 17.2. The molecule has 1 saturated heterocycles. The number of β-amino-alcohol motifs (C(OH)–C–C–N with tert-alkyl or cyclic N) is 1. The first-order chi connectivity index (χ1) is 14.1. The van der Waals surface area contributed by atoms with Crippen LogP contribution >= 0.6 is 0 Å². The average molecular weight is 396 g/mol. The van der Waals surface area contributed by atoms with Crippen LogP contribution in [0.4, 0.5) is 0 Å². The van der Waals surface area contributed by atoms with Crippen LogP contribution in [0.2, 0.25) is 0 Å². The third-order valence-electron chi connectivity index (χ3n) is 5.19. The lowest BCUT2D eigenvalue weighted by Crippen LogP contribution is -2.48. The number of methoxy groups -OCH3 is 1. The number of ether oxygens (including phenoxy) is 2. The second-order valence-corrected chi connectivity index (χ2v) is 7.49. The molecule has 1 aliphatic heterocycles. The molecule has 1 N–H and O–H groups in total. The second kappa shape index (κ2) is 10.3. The van der Waals surface area contributed by atoms with E-state index in [0.717, 1.165) is 38.5 Å². The Morgan fingerprint density at radius 3 is 2.41 bits per heavy atom. The highest BCUT2D eigenvalue weighted by atomic mass is 16.5. The fourth-order valence-corrected chi connectivity index (χ4v) is 3.57. The quantitative estimate of drug-likeness (QED) is 0.740. The summed E-state index contributed by atoms with van der Waals surface area (Å²) in [5.74, 6) is 1.60. The first-order valence-corrected chi connectivity index (χ1v) is 9.96. The Morgan fingerprint density at radius 1 is 1.07 bits per heavy atom. The molecular formula is C23H29N3O3. The highest BCUT2D eigenvalue weighted by Gasteiger charge is 2.20. The third kappa shape index (κ3) is 6.20. The van der Waals surface area contributed by atoms with Gasteiger partial charge in [-0.1, -0.05) is 17.7 Å². The third-order valence-corrected chi connectivity index (χ3v) is 5.19. The van der Waals surface area contributed by atoms with E-state index in [-0.39, 0.29) is 6.61 Å². The molecule has 0 aliphatic carbocycles. The van der Waals surface area contributed by atoms with E-state index in [4.69, 9.17) is 14.7 Å². The smallest absolute Gasteiger partial charge is 0.123 e. The number of aliphatic hydroxyl groups excluding tert-OH is 1. The Hall–Kier alpha value is -2.59. The molecule has 0 radical (unpaired) electrons. The lowest BCUT2D eigenvalue weighted by molar-refractivity contribution is 0.0445. The van der Waals surface area contributed by atoms with Crippen molar-refractivity contribution in [3.8, 4) is 17.6 Å². The van der Waals surface area contributed by atoms with Gasteiger partial charge in [-0.25, -0.2) is 0 Å². The largest absolute Gasteiger partial charge is 0.496 e. The summed E-state index contributed by atoms with van der Waals surface area (Å²) >= 11 is 0. The van der Waals surface area contributed by atoms with Crippen LogP contribution in [-0.4, -0.2) is 67.5 Å². The molecule has 29 heavy (non-hydrogen) atoms. The lowest BCUT2D eigenvalue weighted by atomic mass is 10.1. The van der Waals surface area contributed by atoms with E-state index in [2.05, 4.69) is 34.9 Å². The summed E-state index contributed by atoms with van der Waals surface area (Å²) in [6.07, 6.45) is -0.547. The molecule has 0 saturated carbocycles. The normalized spacial score (nSPS) is 16.2. The minimum Gasteiger partial charge on any atom is -0.496 e. The molecule has 1 fully saturated rings. The molecule has 0 spiro atoms. The first-order valence-electron chi connectivity index (χ1n) is 9.96. The van der Waals surface area contributed by atoms with Gasteiger partial charge < -0.3 is 14.6 Å². The molecule has 154 valence electrons. The van der Waals surface area contributed by atoms with Gasteiger partial charge in [0.15, 0.2) is 0 Å². The minimum absolute atomic E-state index is 0.243. The van der Waals surface area contributed by atoms with E-state index in [0.29, 0.717) is 17.9 Å².